The molecule has 2 heterocycles. The molecule has 0 bridgehead atoms. The maximum absolute atomic E-state index is 13.8. The van der Waals surface area contributed by atoms with Crippen molar-refractivity contribution in [2.45, 2.75) is 37.6 Å². The standard InChI is InChI=1S/C33H39N5O5S/c1-23-17-38(24(2)21-39)33(40)29-16-28(35-44(41,42)32-20-37(4)22-34-32)14-15-30(29)43-31(23)19-36(3)18-25-10-12-27(13-11-25)26-8-6-5-7-9-26/h5-16,20,22-24,31,35,39H,17-19,21H2,1-4H3/t23-,24+,31+/m1/s1. The van der Waals surface area contributed by atoms with Crippen LogP contribution in [0.1, 0.15) is 29.8 Å². The predicted octanol–water partition coefficient (Wildman–Crippen LogP) is 4.24. The highest BCUT2D eigenvalue weighted by Crippen LogP contribution is 2.31. The van der Waals surface area contributed by atoms with E-state index in [2.05, 4.69) is 51.0 Å². The Morgan fingerprint density at radius 3 is 2.45 bits per heavy atom. The molecule has 3 aromatic carbocycles. The van der Waals surface area contributed by atoms with Crippen molar-refractivity contribution in [3.63, 3.8) is 0 Å². The SMILES string of the molecule is C[C@@H]1CN([C@@H](C)CO)C(=O)c2cc(NS(=O)(=O)c3cn(C)cn3)ccc2O[C@H]1CN(C)Cc1ccc(-c2ccccc2)cc1. The van der Waals surface area contributed by atoms with Gasteiger partial charge in [-0.2, -0.15) is 8.42 Å². The fraction of sp³-hybridized carbons (Fsp3) is 0.333. The van der Waals surface area contributed by atoms with Crippen LogP contribution in [0.4, 0.5) is 5.69 Å². The summed E-state index contributed by atoms with van der Waals surface area (Å²) in [6, 6.07) is 23.0. The maximum Gasteiger partial charge on any atom is 0.280 e. The highest BCUT2D eigenvalue weighted by Gasteiger charge is 2.34. The highest BCUT2D eigenvalue weighted by molar-refractivity contribution is 7.92. The Balaban J connectivity index is 1.36. The van der Waals surface area contributed by atoms with Crippen LogP contribution in [0, 0.1) is 5.92 Å². The molecule has 0 spiro atoms. The summed E-state index contributed by atoms with van der Waals surface area (Å²) in [5.41, 5.74) is 3.94. The van der Waals surface area contributed by atoms with Crippen LogP contribution in [0.15, 0.2) is 90.3 Å². The Labute approximate surface area is 259 Å². The summed E-state index contributed by atoms with van der Waals surface area (Å²) < 4.78 is 36.4. The first-order chi connectivity index (χ1) is 21.0. The Bertz CT molecular complexity index is 1690. The van der Waals surface area contributed by atoms with Crippen molar-refractivity contribution in [3.8, 4) is 16.9 Å². The van der Waals surface area contributed by atoms with E-state index in [0.29, 0.717) is 25.4 Å². The van der Waals surface area contributed by atoms with Gasteiger partial charge in [-0.1, -0.05) is 61.5 Å². The lowest BCUT2D eigenvalue weighted by Crippen LogP contribution is -2.49. The number of amides is 1. The predicted molar refractivity (Wildman–Crippen MR) is 170 cm³/mol. The molecule has 0 saturated heterocycles. The molecule has 0 radical (unpaired) electrons. The summed E-state index contributed by atoms with van der Waals surface area (Å²) in [6.07, 6.45) is 2.52. The van der Waals surface area contributed by atoms with Crippen molar-refractivity contribution in [3.05, 3.63) is 96.4 Å². The van der Waals surface area contributed by atoms with Crippen molar-refractivity contribution in [2.24, 2.45) is 13.0 Å². The van der Waals surface area contributed by atoms with Crippen LogP contribution in [0.5, 0.6) is 5.75 Å². The monoisotopic (exact) mass is 617 g/mol. The number of aromatic nitrogens is 2. The number of nitrogens with zero attached hydrogens (tertiary/aromatic N) is 4. The molecular formula is C33H39N5O5S. The number of aliphatic hydroxyl groups excluding tert-OH is 1. The molecular weight excluding hydrogens is 578 g/mol. The first-order valence-electron chi connectivity index (χ1n) is 14.6. The molecule has 1 aromatic heterocycles. The molecule has 1 amide bonds. The number of imidazole rings is 1. The van der Waals surface area contributed by atoms with Gasteiger partial charge in [-0.25, -0.2) is 4.98 Å². The van der Waals surface area contributed by atoms with Gasteiger partial charge < -0.3 is 19.3 Å². The number of benzene rings is 3. The second-order valence-electron chi connectivity index (χ2n) is 11.6. The lowest BCUT2D eigenvalue weighted by Gasteiger charge is -2.38. The number of sulfonamides is 1. The van der Waals surface area contributed by atoms with Crippen LogP contribution in [-0.4, -0.2) is 77.7 Å². The van der Waals surface area contributed by atoms with Crippen molar-refractivity contribution in [1.82, 2.24) is 19.4 Å². The number of hydrogen-bond donors (Lipinski definition) is 2. The van der Waals surface area contributed by atoms with Crippen LogP contribution >= 0.6 is 0 Å². The molecule has 2 N–H and O–H groups in total. The van der Waals surface area contributed by atoms with Crippen molar-refractivity contribution in [1.29, 1.82) is 0 Å². The minimum Gasteiger partial charge on any atom is -0.488 e. The van der Waals surface area contributed by atoms with Crippen LogP contribution < -0.4 is 9.46 Å². The highest BCUT2D eigenvalue weighted by atomic mass is 32.2. The first kappa shape index (κ1) is 31.2. The van der Waals surface area contributed by atoms with Gasteiger partial charge in [-0.3, -0.25) is 14.4 Å². The second kappa shape index (κ2) is 13.2. The van der Waals surface area contributed by atoms with E-state index >= 15 is 0 Å². The van der Waals surface area contributed by atoms with E-state index < -0.39 is 16.1 Å². The van der Waals surface area contributed by atoms with Gasteiger partial charge in [0.2, 0.25) is 0 Å². The second-order valence-corrected chi connectivity index (χ2v) is 13.2. The Kier molecular flexibility index (Phi) is 9.38. The van der Waals surface area contributed by atoms with E-state index in [1.807, 2.05) is 32.2 Å². The molecule has 11 heteroatoms. The Morgan fingerprint density at radius 1 is 1.09 bits per heavy atom. The van der Waals surface area contributed by atoms with Gasteiger partial charge in [0, 0.05) is 44.5 Å². The summed E-state index contributed by atoms with van der Waals surface area (Å²) in [5, 5.41) is 9.84. The Morgan fingerprint density at radius 2 is 1.80 bits per heavy atom. The van der Waals surface area contributed by atoms with Crippen molar-refractivity contribution in [2.75, 3.05) is 31.5 Å². The summed E-state index contributed by atoms with van der Waals surface area (Å²) in [7, 11) is -0.247. The summed E-state index contributed by atoms with van der Waals surface area (Å²) in [6.45, 7) is 5.29. The fourth-order valence-corrected chi connectivity index (χ4v) is 6.39. The van der Waals surface area contributed by atoms with E-state index in [9.17, 15) is 18.3 Å². The molecule has 44 heavy (non-hydrogen) atoms. The van der Waals surface area contributed by atoms with Crippen LogP contribution in [0.3, 0.4) is 0 Å². The maximum atomic E-state index is 13.8. The molecule has 0 aliphatic carbocycles. The van der Waals surface area contributed by atoms with Crippen LogP contribution in [-0.2, 0) is 23.6 Å². The normalized spacial score (nSPS) is 17.9. The van der Waals surface area contributed by atoms with E-state index in [4.69, 9.17) is 4.74 Å². The third kappa shape index (κ3) is 7.12. The van der Waals surface area contributed by atoms with E-state index in [1.54, 1.807) is 35.6 Å². The van der Waals surface area contributed by atoms with Crippen LogP contribution in [0.25, 0.3) is 11.1 Å². The van der Waals surface area contributed by atoms with E-state index in [1.165, 1.54) is 29.7 Å². The van der Waals surface area contributed by atoms with Gasteiger partial charge in [0.05, 0.1) is 24.5 Å². The van der Waals surface area contributed by atoms with Crippen molar-refractivity contribution >= 4 is 21.6 Å². The Hall–Kier alpha value is -4.19. The number of aryl methyl sites for hydroxylation is 1. The summed E-state index contributed by atoms with van der Waals surface area (Å²) >= 11 is 0. The molecule has 0 saturated carbocycles. The molecule has 232 valence electrons. The largest absolute Gasteiger partial charge is 0.488 e. The molecule has 0 fully saturated rings. The van der Waals surface area contributed by atoms with E-state index in [-0.39, 0.29) is 40.8 Å². The van der Waals surface area contributed by atoms with Gasteiger partial charge in [-0.05, 0) is 48.9 Å². The number of rotatable bonds is 10. The lowest BCUT2D eigenvalue weighted by molar-refractivity contribution is 0.0341. The van der Waals surface area contributed by atoms with Crippen LogP contribution in [0.2, 0.25) is 0 Å². The molecule has 1 aliphatic heterocycles. The van der Waals surface area contributed by atoms with Crippen molar-refractivity contribution < 1.29 is 23.1 Å². The molecule has 10 nitrogen and oxygen atoms in total. The molecule has 0 unspecified atom stereocenters. The number of ether oxygens (including phenoxy) is 1. The van der Waals surface area contributed by atoms with Gasteiger partial charge in [0.25, 0.3) is 15.9 Å². The van der Waals surface area contributed by atoms with Gasteiger partial charge >= 0.3 is 0 Å². The zero-order valence-corrected chi connectivity index (χ0v) is 26.2. The molecule has 3 atom stereocenters. The smallest absolute Gasteiger partial charge is 0.280 e. The third-order valence-electron chi connectivity index (χ3n) is 7.88. The topological polar surface area (TPSA) is 117 Å². The number of likely N-dealkylation sites (N-methyl/N-ethyl adjacent to an activating group) is 1. The third-order valence-corrected chi connectivity index (χ3v) is 9.14. The number of carbonyl (C=O) groups excluding carboxylic acids is 1. The zero-order chi connectivity index (χ0) is 31.4. The number of aliphatic hydroxyl groups is 1. The quantitative estimate of drug-likeness (QED) is 0.273. The minimum absolute atomic E-state index is 0.0497. The zero-order valence-electron chi connectivity index (χ0n) is 25.4. The number of fused-ring (bicyclic) bond motifs is 1. The first-order valence-corrected chi connectivity index (χ1v) is 16.1. The molecule has 4 aromatic rings. The molecule has 1 aliphatic rings. The van der Waals surface area contributed by atoms with Gasteiger partial charge in [-0.15, -0.1) is 0 Å². The number of anilines is 1. The average molecular weight is 618 g/mol. The van der Waals surface area contributed by atoms with E-state index in [0.717, 1.165) is 5.56 Å². The number of nitrogens with one attached hydrogen (secondary N) is 1. The molecule has 5 rings (SSSR count). The van der Waals surface area contributed by atoms with Gasteiger partial charge in [0.1, 0.15) is 11.9 Å². The average Bonchev–Trinajstić information content (AvgIpc) is 3.47. The number of hydrogen-bond acceptors (Lipinski definition) is 7. The number of carbonyl (C=O) groups is 1. The summed E-state index contributed by atoms with van der Waals surface area (Å²) in [4.78, 5) is 21.5. The lowest BCUT2D eigenvalue weighted by atomic mass is 9.99. The van der Waals surface area contributed by atoms with Gasteiger partial charge in [0.15, 0.2) is 5.03 Å². The fourth-order valence-electron chi connectivity index (χ4n) is 5.36. The minimum atomic E-state index is -3.97. The summed E-state index contributed by atoms with van der Waals surface area (Å²) in [5.74, 6) is -0.0213.